The maximum absolute atomic E-state index is 12.2. The Morgan fingerprint density at radius 2 is 1.78 bits per heavy atom. The van der Waals surface area contributed by atoms with Crippen LogP contribution in [-0.4, -0.2) is 29.2 Å². The molecule has 6 heteroatoms. The van der Waals surface area contributed by atoms with Crippen LogP contribution in [-0.2, 0) is 4.79 Å². The molecule has 0 atom stereocenters. The lowest BCUT2D eigenvalue weighted by Gasteiger charge is -2.12. The Morgan fingerprint density at radius 1 is 1.09 bits per heavy atom. The van der Waals surface area contributed by atoms with Gasteiger partial charge in [0.15, 0.2) is 11.5 Å². The van der Waals surface area contributed by atoms with Gasteiger partial charge in [0.05, 0.1) is 12.8 Å². The fraction of sp³-hybridized carbons (Fsp3) is 0.0588. The quantitative estimate of drug-likeness (QED) is 0.736. The Labute approximate surface area is 132 Å². The van der Waals surface area contributed by atoms with Crippen LogP contribution in [0.3, 0.4) is 0 Å². The lowest BCUT2D eigenvalue weighted by molar-refractivity contribution is -0.131. The first-order chi connectivity index (χ1) is 11.0. The Hall–Kier alpha value is -3.28. The fourth-order valence-electron chi connectivity index (χ4n) is 1.94. The first kappa shape index (κ1) is 16.1. The van der Waals surface area contributed by atoms with Crippen molar-refractivity contribution in [1.29, 1.82) is 0 Å². The van der Waals surface area contributed by atoms with Crippen molar-refractivity contribution in [3.05, 3.63) is 65.7 Å². The van der Waals surface area contributed by atoms with Crippen molar-refractivity contribution in [2.24, 2.45) is 0 Å². The van der Waals surface area contributed by atoms with E-state index in [1.165, 1.54) is 25.3 Å². The van der Waals surface area contributed by atoms with Gasteiger partial charge in [-0.2, -0.15) is 0 Å². The number of ether oxygens (including phenoxy) is 1. The van der Waals surface area contributed by atoms with Crippen LogP contribution >= 0.6 is 0 Å². The van der Waals surface area contributed by atoms with Gasteiger partial charge >= 0.3 is 5.97 Å². The van der Waals surface area contributed by atoms with Gasteiger partial charge < -0.3 is 20.3 Å². The van der Waals surface area contributed by atoms with Crippen LogP contribution in [0, 0.1) is 0 Å². The second-order valence-electron chi connectivity index (χ2n) is 4.60. The molecule has 0 spiro atoms. The first-order valence-electron chi connectivity index (χ1n) is 6.69. The molecule has 0 bridgehead atoms. The average molecular weight is 313 g/mol. The summed E-state index contributed by atoms with van der Waals surface area (Å²) in [5.74, 6) is -1.56. The highest BCUT2D eigenvalue weighted by Gasteiger charge is 2.13. The zero-order chi connectivity index (χ0) is 16.8. The van der Waals surface area contributed by atoms with Crippen molar-refractivity contribution in [2.45, 2.75) is 0 Å². The number of rotatable bonds is 5. The van der Waals surface area contributed by atoms with Crippen LogP contribution in [0.25, 0.3) is 5.70 Å². The zero-order valence-electron chi connectivity index (χ0n) is 12.3. The third-order valence-electron chi connectivity index (χ3n) is 3.04. The molecule has 3 N–H and O–H groups in total. The molecule has 1 amide bonds. The minimum absolute atomic E-state index is 0.0830. The minimum atomic E-state index is -1.21. The lowest BCUT2D eigenvalue weighted by Crippen LogP contribution is -2.22. The molecule has 2 aromatic rings. The van der Waals surface area contributed by atoms with E-state index in [9.17, 15) is 14.7 Å². The summed E-state index contributed by atoms with van der Waals surface area (Å²) in [6.07, 6.45) is 0.882. The summed E-state index contributed by atoms with van der Waals surface area (Å²) in [4.78, 5) is 23.2. The average Bonchev–Trinajstić information content (AvgIpc) is 2.55. The number of hydrogen-bond acceptors (Lipinski definition) is 4. The van der Waals surface area contributed by atoms with Gasteiger partial charge in [-0.1, -0.05) is 18.2 Å². The Bertz CT molecular complexity index is 753. The van der Waals surface area contributed by atoms with Crippen LogP contribution in [0.2, 0.25) is 0 Å². The Morgan fingerprint density at radius 3 is 2.39 bits per heavy atom. The molecule has 0 fully saturated rings. The van der Waals surface area contributed by atoms with Gasteiger partial charge in [0, 0.05) is 17.2 Å². The van der Waals surface area contributed by atoms with Gasteiger partial charge in [0.2, 0.25) is 0 Å². The number of phenolic OH excluding ortho intramolecular Hbond substituents is 1. The van der Waals surface area contributed by atoms with Crippen molar-refractivity contribution in [3.63, 3.8) is 0 Å². The van der Waals surface area contributed by atoms with Gasteiger partial charge in [0.1, 0.15) is 0 Å². The number of aromatic hydroxyl groups is 1. The van der Waals surface area contributed by atoms with E-state index >= 15 is 0 Å². The summed E-state index contributed by atoms with van der Waals surface area (Å²) in [5.41, 5.74) is 0.880. The fourth-order valence-corrected chi connectivity index (χ4v) is 1.94. The molecule has 2 rings (SSSR count). The molecule has 0 saturated heterocycles. The van der Waals surface area contributed by atoms with Crippen molar-refractivity contribution in [2.75, 3.05) is 7.11 Å². The number of carboxylic acid groups (broad SMARTS) is 1. The Balaban J connectivity index is 2.35. The highest BCUT2D eigenvalue weighted by molar-refractivity contribution is 6.02. The third-order valence-corrected chi connectivity index (χ3v) is 3.04. The molecule has 0 unspecified atom stereocenters. The summed E-state index contributed by atoms with van der Waals surface area (Å²) in [6, 6.07) is 12.7. The molecule has 23 heavy (non-hydrogen) atoms. The predicted molar refractivity (Wildman–Crippen MR) is 84.2 cm³/mol. The number of carbonyl (C=O) groups is 2. The van der Waals surface area contributed by atoms with Gasteiger partial charge in [-0.3, -0.25) is 4.79 Å². The lowest BCUT2D eigenvalue weighted by atomic mass is 10.1. The molecule has 0 aliphatic carbocycles. The summed E-state index contributed by atoms with van der Waals surface area (Å²) in [6.45, 7) is 0. The zero-order valence-corrected chi connectivity index (χ0v) is 12.3. The minimum Gasteiger partial charge on any atom is -0.504 e. The number of phenols is 1. The molecule has 0 radical (unpaired) electrons. The second kappa shape index (κ2) is 7.13. The standard InChI is InChI=1S/C17H15NO5/c1-23-15-9-12(7-8-14(15)19)13(10-16(20)21)18-17(22)11-5-3-2-4-6-11/h2-10,19H,1H3,(H,18,22)(H,20,21). The van der Waals surface area contributed by atoms with Gasteiger partial charge in [-0.25, -0.2) is 4.79 Å². The normalized spacial score (nSPS) is 10.9. The van der Waals surface area contributed by atoms with Crippen LogP contribution in [0.4, 0.5) is 0 Å². The number of carbonyl (C=O) groups excluding carboxylic acids is 1. The van der Waals surface area contributed by atoms with E-state index in [0.717, 1.165) is 6.08 Å². The summed E-state index contributed by atoms with van der Waals surface area (Å²) < 4.78 is 4.99. The number of benzene rings is 2. The molecule has 6 nitrogen and oxygen atoms in total. The number of carboxylic acids is 1. The largest absolute Gasteiger partial charge is 0.504 e. The monoisotopic (exact) mass is 313 g/mol. The Kier molecular flexibility index (Phi) is 4.99. The number of aliphatic carboxylic acids is 1. The number of amides is 1. The van der Waals surface area contributed by atoms with E-state index in [-0.39, 0.29) is 17.2 Å². The van der Waals surface area contributed by atoms with E-state index in [0.29, 0.717) is 11.1 Å². The number of methoxy groups -OCH3 is 1. The molecular formula is C17H15NO5. The van der Waals surface area contributed by atoms with E-state index < -0.39 is 11.9 Å². The smallest absolute Gasteiger partial charge is 0.330 e. The van der Waals surface area contributed by atoms with Gasteiger partial charge in [-0.05, 0) is 30.3 Å². The van der Waals surface area contributed by atoms with Crippen molar-refractivity contribution < 1.29 is 24.5 Å². The highest BCUT2D eigenvalue weighted by atomic mass is 16.5. The highest BCUT2D eigenvalue weighted by Crippen LogP contribution is 2.28. The van der Waals surface area contributed by atoms with Crippen LogP contribution in [0.15, 0.2) is 54.6 Å². The SMILES string of the molecule is COc1cc(C(=CC(=O)O)NC(=O)c2ccccc2)ccc1O. The topological polar surface area (TPSA) is 95.9 Å². The van der Waals surface area contributed by atoms with E-state index in [2.05, 4.69) is 5.32 Å². The maximum atomic E-state index is 12.2. The van der Waals surface area contributed by atoms with E-state index in [4.69, 9.17) is 9.84 Å². The molecule has 2 aromatic carbocycles. The van der Waals surface area contributed by atoms with Crippen LogP contribution in [0.1, 0.15) is 15.9 Å². The summed E-state index contributed by atoms with van der Waals surface area (Å²) in [7, 11) is 1.38. The van der Waals surface area contributed by atoms with E-state index in [1.807, 2.05) is 0 Å². The first-order valence-corrected chi connectivity index (χ1v) is 6.69. The third kappa shape index (κ3) is 4.10. The van der Waals surface area contributed by atoms with Crippen molar-refractivity contribution in [1.82, 2.24) is 5.32 Å². The molecule has 0 saturated carbocycles. The molecule has 0 heterocycles. The molecule has 0 aromatic heterocycles. The second-order valence-corrected chi connectivity index (χ2v) is 4.60. The molecule has 0 aliphatic rings. The van der Waals surface area contributed by atoms with E-state index in [1.54, 1.807) is 30.3 Å². The number of hydrogen-bond donors (Lipinski definition) is 3. The summed E-state index contributed by atoms with van der Waals surface area (Å²) in [5, 5.41) is 21.2. The van der Waals surface area contributed by atoms with Gasteiger partial charge in [0.25, 0.3) is 5.91 Å². The van der Waals surface area contributed by atoms with Gasteiger partial charge in [-0.15, -0.1) is 0 Å². The number of nitrogens with one attached hydrogen (secondary N) is 1. The molecular weight excluding hydrogens is 298 g/mol. The van der Waals surface area contributed by atoms with Crippen molar-refractivity contribution in [3.8, 4) is 11.5 Å². The van der Waals surface area contributed by atoms with Crippen LogP contribution < -0.4 is 10.1 Å². The summed E-state index contributed by atoms with van der Waals surface area (Å²) >= 11 is 0. The molecule has 0 aliphatic heterocycles. The van der Waals surface area contributed by atoms with Crippen LogP contribution in [0.5, 0.6) is 11.5 Å². The maximum Gasteiger partial charge on any atom is 0.330 e. The van der Waals surface area contributed by atoms with Crippen molar-refractivity contribution >= 4 is 17.6 Å². The molecule has 118 valence electrons. The predicted octanol–water partition coefficient (Wildman–Crippen LogP) is 2.26.